The lowest BCUT2D eigenvalue weighted by atomic mass is 9.74. The lowest BCUT2D eigenvalue weighted by Gasteiger charge is -2.32. The van der Waals surface area contributed by atoms with Crippen molar-refractivity contribution in [2.45, 2.75) is 83.9 Å². The number of hydrogen-bond donors (Lipinski definition) is 2. The van der Waals surface area contributed by atoms with Crippen molar-refractivity contribution in [3.8, 4) is 11.5 Å². The molecule has 224 valence electrons. The van der Waals surface area contributed by atoms with Gasteiger partial charge in [-0.05, 0) is 72.9 Å². The summed E-state index contributed by atoms with van der Waals surface area (Å²) in [5, 5.41) is 7.12. The largest absolute Gasteiger partial charge is 0.490 e. The number of fused-ring (bicyclic) bond motifs is 1. The van der Waals surface area contributed by atoms with Gasteiger partial charge in [0.2, 0.25) is 5.91 Å². The van der Waals surface area contributed by atoms with E-state index in [2.05, 4.69) is 26.8 Å². The SMILES string of the molecule is CN(C(=O)CC[C@@H](CC(C)(C)C)C1C(N)=Nc2ccc(Oc3ccccc3)cc21)C1CCCC1.O=C(O)C(F)(F)F. The molecule has 2 aliphatic rings. The number of amidine groups is 1. The molecule has 0 saturated heterocycles. The van der Waals surface area contributed by atoms with Crippen molar-refractivity contribution in [2.75, 3.05) is 7.05 Å². The van der Waals surface area contributed by atoms with Gasteiger partial charge in [0.15, 0.2) is 0 Å². The van der Waals surface area contributed by atoms with Crippen molar-refractivity contribution in [3.63, 3.8) is 0 Å². The number of nitrogens with two attached hydrogens (primary N) is 1. The average Bonchev–Trinajstić information content (AvgIpc) is 3.53. The van der Waals surface area contributed by atoms with E-state index in [-0.39, 0.29) is 23.2 Å². The average molecular weight is 576 g/mol. The fourth-order valence-corrected chi connectivity index (χ4v) is 5.59. The number of amides is 1. The van der Waals surface area contributed by atoms with Gasteiger partial charge in [0.25, 0.3) is 0 Å². The molecular weight excluding hydrogens is 535 g/mol. The third kappa shape index (κ3) is 9.23. The van der Waals surface area contributed by atoms with Crippen LogP contribution in [0.2, 0.25) is 0 Å². The topological polar surface area (TPSA) is 105 Å². The number of alkyl halides is 3. The summed E-state index contributed by atoms with van der Waals surface area (Å²) in [6.07, 6.45) is 1.96. The molecule has 10 heteroatoms. The molecule has 7 nitrogen and oxygen atoms in total. The molecule has 1 amide bonds. The highest BCUT2D eigenvalue weighted by Crippen LogP contribution is 2.46. The Bertz CT molecular complexity index is 1220. The van der Waals surface area contributed by atoms with Crippen LogP contribution in [0, 0.1) is 11.3 Å². The van der Waals surface area contributed by atoms with Gasteiger partial charge >= 0.3 is 12.1 Å². The van der Waals surface area contributed by atoms with E-state index in [0.29, 0.717) is 18.3 Å². The van der Waals surface area contributed by atoms with Crippen LogP contribution >= 0.6 is 0 Å². The fourth-order valence-electron chi connectivity index (χ4n) is 5.59. The number of rotatable bonds is 8. The Morgan fingerprint density at radius 3 is 2.24 bits per heavy atom. The number of carboxylic acids is 1. The molecule has 2 aromatic rings. The molecule has 0 aromatic heterocycles. The summed E-state index contributed by atoms with van der Waals surface area (Å²) < 4.78 is 37.8. The molecule has 3 N–H and O–H groups in total. The third-order valence-corrected chi connectivity index (χ3v) is 7.46. The zero-order valence-electron chi connectivity index (χ0n) is 24.1. The number of ether oxygens (including phenoxy) is 1. The van der Waals surface area contributed by atoms with E-state index in [9.17, 15) is 18.0 Å². The molecule has 1 aliphatic heterocycles. The number of halogens is 3. The molecule has 1 saturated carbocycles. The number of nitrogens with zero attached hydrogens (tertiary/aromatic N) is 2. The maximum Gasteiger partial charge on any atom is 0.490 e. The number of hydrogen-bond acceptors (Lipinski definition) is 5. The number of aliphatic imine (C=N–C) groups is 1. The van der Waals surface area contributed by atoms with Gasteiger partial charge in [-0.1, -0.05) is 51.8 Å². The molecule has 0 spiro atoms. The first-order valence-electron chi connectivity index (χ1n) is 13.9. The Balaban J connectivity index is 0.000000587. The number of carbonyl (C=O) groups excluding carboxylic acids is 1. The van der Waals surface area contributed by atoms with Crippen LogP contribution in [0.4, 0.5) is 18.9 Å². The van der Waals surface area contributed by atoms with Gasteiger partial charge < -0.3 is 20.5 Å². The summed E-state index contributed by atoms with van der Waals surface area (Å²) >= 11 is 0. The monoisotopic (exact) mass is 575 g/mol. The molecule has 1 unspecified atom stereocenters. The summed E-state index contributed by atoms with van der Waals surface area (Å²) in [4.78, 5) is 28.6. The van der Waals surface area contributed by atoms with E-state index in [1.165, 1.54) is 12.8 Å². The second kappa shape index (κ2) is 13.4. The molecule has 1 aliphatic carbocycles. The van der Waals surface area contributed by atoms with Gasteiger partial charge in [-0.15, -0.1) is 0 Å². The lowest BCUT2D eigenvalue weighted by Crippen LogP contribution is -2.36. The van der Waals surface area contributed by atoms with Crippen LogP contribution in [-0.4, -0.2) is 47.0 Å². The van der Waals surface area contributed by atoms with E-state index in [0.717, 1.165) is 48.4 Å². The normalized spacial score (nSPS) is 17.6. The zero-order chi connectivity index (χ0) is 30.4. The first kappa shape index (κ1) is 32.0. The van der Waals surface area contributed by atoms with E-state index in [1.54, 1.807) is 0 Å². The highest BCUT2D eigenvalue weighted by atomic mass is 19.4. The Morgan fingerprint density at radius 2 is 1.68 bits per heavy atom. The van der Waals surface area contributed by atoms with Crippen molar-refractivity contribution >= 4 is 23.4 Å². The third-order valence-electron chi connectivity index (χ3n) is 7.46. The number of carbonyl (C=O) groups is 2. The molecule has 41 heavy (non-hydrogen) atoms. The standard InChI is InChI=1S/C29H39N3O2.C2HF3O2/c1-29(2,3)19-20(14-17-26(33)32(4)21-10-8-9-11-21)27-24-18-23(15-16-25(24)31-28(27)30)34-22-12-6-5-7-13-22;3-2(4,5)1(6)7/h5-7,12-13,15-16,18,20-21,27H,8-11,14,17,19H2,1-4H3,(H2,30,31);(H,6,7)/t20-,27?;/m0./s1. The van der Waals surface area contributed by atoms with Crippen molar-refractivity contribution in [3.05, 3.63) is 54.1 Å². The first-order chi connectivity index (χ1) is 19.2. The van der Waals surface area contributed by atoms with Crippen molar-refractivity contribution in [1.82, 2.24) is 4.90 Å². The number of aliphatic carboxylic acids is 1. The predicted molar refractivity (Wildman–Crippen MR) is 152 cm³/mol. The zero-order valence-corrected chi connectivity index (χ0v) is 24.1. The first-order valence-corrected chi connectivity index (χ1v) is 13.9. The molecule has 2 atom stereocenters. The maximum absolute atomic E-state index is 13.0. The van der Waals surface area contributed by atoms with E-state index >= 15 is 0 Å². The number of para-hydroxylation sites is 1. The Labute approximate surface area is 239 Å². The molecule has 0 radical (unpaired) electrons. The summed E-state index contributed by atoms with van der Waals surface area (Å²) in [5.41, 5.74) is 8.67. The van der Waals surface area contributed by atoms with Gasteiger partial charge in [0.05, 0.1) is 5.69 Å². The minimum absolute atomic E-state index is 0.00173. The highest BCUT2D eigenvalue weighted by Gasteiger charge is 2.38. The van der Waals surface area contributed by atoms with Crippen molar-refractivity contribution in [1.29, 1.82) is 0 Å². The van der Waals surface area contributed by atoms with Crippen LogP contribution in [0.3, 0.4) is 0 Å². The summed E-state index contributed by atoms with van der Waals surface area (Å²) in [7, 11) is 1.98. The Hall–Kier alpha value is -3.56. The predicted octanol–water partition coefficient (Wildman–Crippen LogP) is 7.43. The summed E-state index contributed by atoms with van der Waals surface area (Å²) in [5.74, 6) is -0.0361. The molecule has 4 rings (SSSR count). The van der Waals surface area contributed by atoms with Gasteiger partial charge in [0, 0.05) is 25.4 Å². The van der Waals surface area contributed by atoms with Crippen molar-refractivity contribution in [2.24, 2.45) is 22.1 Å². The molecule has 1 heterocycles. The van der Waals surface area contributed by atoms with Crippen LogP contribution < -0.4 is 10.5 Å². The van der Waals surface area contributed by atoms with Crippen LogP contribution in [0.25, 0.3) is 0 Å². The van der Waals surface area contributed by atoms with Crippen LogP contribution in [0.1, 0.15) is 77.2 Å². The Morgan fingerprint density at radius 1 is 1.07 bits per heavy atom. The van der Waals surface area contributed by atoms with Gasteiger partial charge in [-0.2, -0.15) is 13.2 Å². The smallest absolute Gasteiger partial charge is 0.475 e. The van der Waals surface area contributed by atoms with E-state index in [4.69, 9.17) is 25.4 Å². The maximum atomic E-state index is 13.0. The van der Waals surface area contributed by atoms with E-state index in [1.807, 2.05) is 54.4 Å². The van der Waals surface area contributed by atoms with Gasteiger partial charge in [-0.25, -0.2) is 9.79 Å². The van der Waals surface area contributed by atoms with Crippen molar-refractivity contribution < 1.29 is 32.6 Å². The quantitative estimate of drug-likeness (QED) is 0.341. The summed E-state index contributed by atoms with van der Waals surface area (Å²) in [6, 6.07) is 16.2. The second-order valence-electron chi connectivity index (χ2n) is 12.0. The number of benzene rings is 2. The van der Waals surface area contributed by atoms with Gasteiger partial charge in [0.1, 0.15) is 17.3 Å². The highest BCUT2D eigenvalue weighted by molar-refractivity contribution is 5.95. The summed E-state index contributed by atoms with van der Waals surface area (Å²) in [6.45, 7) is 6.76. The fraction of sp³-hybridized carbons (Fsp3) is 0.516. The van der Waals surface area contributed by atoms with Crippen LogP contribution in [0.15, 0.2) is 53.5 Å². The minimum atomic E-state index is -5.08. The molecular formula is C31H40F3N3O4. The molecule has 2 aromatic carbocycles. The van der Waals surface area contributed by atoms with E-state index < -0.39 is 12.1 Å². The number of carboxylic acid groups (broad SMARTS) is 1. The van der Waals surface area contributed by atoms with Crippen LogP contribution in [0.5, 0.6) is 11.5 Å². The molecule has 0 bridgehead atoms. The van der Waals surface area contributed by atoms with Gasteiger partial charge in [-0.3, -0.25) is 4.79 Å². The second-order valence-corrected chi connectivity index (χ2v) is 12.0. The van der Waals surface area contributed by atoms with Crippen LogP contribution in [-0.2, 0) is 9.59 Å². The minimum Gasteiger partial charge on any atom is -0.475 e. The molecule has 1 fully saturated rings. The Kier molecular flexibility index (Phi) is 10.4. The lowest BCUT2D eigenvalue weighted by molar-refractivity contribution is -0.192.